The molecule has 1 N–H and O–H groups in total. The Morgan fingerprint density at radius 1 is 1.29 bits per heavy atom. The van der Waals surface area contributed by atoms with E-state index in [4.69, 9.17) is 5.11 Å². The molecular formula is C13H13Br2NO3S2. The summed E-state index contributed by atoms with van der Waals surface area (Å²) in [5.41, 5.74) is 0.559. The van der Waals surface area contributed by atoms with E-state index in [2.05, 4.69) is 31.9 Å². The van der Waals surface area contributed by atoms with E-state index in [1.165, 1.54) is 21.7 Å². The van der Waals surface area contributed by atoms with Gasteiger partial charge in [-0.25, -0.2) is 8.42 Å². The first-order valence-corrected chi connectivity index (χ1v) is 9.83. The van der Waals surface area contributed by atoms with Crippen LogP contribution in [0.5, 0.6) is 0 Å². The van der Waals surface area contributed by atoms with Crippen LogP contribution in [0.2, 0.25) is 0 Å². The van der Waals surface area contributed by atoms with E-state index in [0.717, 1.165) is 9.35 Å². The van der Waals surface area contributed by atoms with Gasteiger partial charge < -0.3 is 5.11 Å². The molecule has 2 aromatic rings. The van der Waals surface area contributed by atoms with Crippen molar-refractivity contribution >= 4 is 53.2 Å². The fourth-order valence-electron chi connectivity index (χ4n) is 1.75. The molecule has 114 valence electrons. The first-order chi connectivity index (χ1) is 9.84. The number of aliphatic hydroxyl groups excluding tert-OH is 1. The minimum atomic E-state index is -3.62. The molecule has 0 amide bonds. The maximum atomic E-state index is 12.6. The van der Waals surface area contributed by atoms with Crippen LogP contribution in [0.25, 0.3) is 0 Å². The Morgan fingerprint density at radius 2 is 2.00 bits per heavy atom. The molecule has 0 aliphatic heterocycles. The lowest BCUT2D eigenvalue weighted by molar-refractivity contribution is 0.281. The zero-order chi connectivity index (χ0) is 15.6. The van der Waals surface area contributed by atoms with Gasteiger partial charge in [-0.3, -0.25) is 0 Å². The SMILES string of the molecule is CN(Cc1cc(Br)cs1)S(=O)(=O)c1cc(CO)ccc1Br. The number of sulfonamides is 1. The molecular weight excluding hydrogens is 442 g/mol. The molecule has 1 heterocycles. The van der Waals surface area contributed by atoms with Crippen LogP contribution in [-0.2, 0) is 23.2 Å². The summed E-state index contributed by atoms with van der Waals surface area (Å²) in [6.07, 6.45) is 0. The highest BCUT2D eigenvalue weighted by Crippen LogP contribution is 2.28. The highest BCUT2D eigenvalue weighted by atomic mass is 79.9. The predicted molar refractivity (Wildman–Crippen MR) is 90.7 cm³/mol. The molecule has 0 saturated carbocycles. The summed E-state index contributed by atoms with van der Waals surface area (Å²) in [4.78, 5) is 1.11. The lowest BCUT2D eigenvalue weighted by atomic mass is 10.2. The zero-order valence-corrected chi connectivity index (χ0v) is 15.9. The Labute approximate surface area is 144 Å². The van der Waals surface area contributed by atoms with Gasteiger partial charge in [0.25, 0.3) is 0 Å². The van der Waals surface area contributed by atoms with Crippen molar-refractivity contribution < 1.29 is 13.5 Å². The van der Waals surface area contributed by atoms with Crippen LogP contribution in [0, 0.1) is 0 Å². The lowest BCUT2D eigenvalue weighted by Gasteiger charge is -2.18. The first-order valence-electron chi connectivity index (χ1n) is 5.93. The van der Waals surface area contributed by atoms with Gasteiger partial charge in [-0.2, -0.15) is 4.31 Å². The normalized spacial score (nSPS) is 12.0. The van der Waals surface area contributed by atoms with Gasteiger partial charge in [-0.05, 0) is 55.6 Å². The van der Waals surface area contributed by atoms with Crippen molar-refractivity contribution in [2.45, 2.75) is 18.0 Å². The van der Waals surface area contributed by atoms with Crippen LogP contribution in [-0.4, -0.2) is 24.9 Å². The van der Waals surface area contributed by atoms with Crippen LogP contribution in [0.3, 0.4) is 0 Å². The Bertz CT molecular complexity index is 744. The third-order valence-electron chi connectivity index (χ3n) is 2.87. The summed E-state index contributed by atoms with van der Waals surface area (Å²) in [7, 11) is -2.08. The third kappa shape index (κ3) is 3.94. The molecule has 21 heavy (non-hydrogen) atoms. The van der Waals surface area contributed by atoms with Gasteiger partial charge in [0.05, 0.1) is 11.5 Å². The van der Waals surface area contributed by atoms with E-state index >= 15 is 0 Å². The molecule has 1 aromatic heterocycles. The number of benzene rings is 1. The quantitative estimate of drug-likeness (QED) is 0.750. The Kier molecular flexibility index (Phi) is 5.61. The Hall–Kier alpha value is -0.250. The predicted octanol–water partition coefficient (Wildman–Crippen LogP) is 3.59. The Morgan fingerprint density at radius 3 is 2.57 bits per heavy atom. The summed E-state index contributed by atoms with van der Waals surface area (Å²) in [6.45, 7) is 0.103. The topological polar surface area (TPSA) is 57.6 Å². The van der Waals surface area contributed by atoms with Crippen molar-refractivity contribution in [2.24, 2.45) is 0 Å². The van der Waals surface area contributed by atoms with Gasteiger partial charge in [0, 0.05) is 32.8 Å². The van der Waals surface area contributed by atoms with E-state index in [9.17, 15) is 8.42 Å². The zero-order valence-electron chi connectivity index (χ0n) is 11.1. The highest BCUT2D eigenvalue weighted by molar-refractivity contribution is 9.10. The maximum Gasteiger partial charge on any atom is 0.244 e. The first kappa shape index (κ1) is 17.1. The second-order valence-corrected chi connectivity index (χ2v) is 9.19. The third-order valence-corrected chi connectivity index (χ3v) is 7.35. The van der Waals surface area contributed by atoms with Crippen molar-refractivity contribution in [2.75, 3.05) is 7.05 Å². The molecule has 0 radical (unpaired) electrons. The van der Waals surface area contributed by atoms with Crippen molar-refractivity contribution in [1.82, 2.24) is 4.31 Å². The molecule has 2 rings (SSSR count). The molecule has 0 aliphatic carbocycles. The number of nitrogens with zero attached hydrogens (tertiary/aromatic N) is 1. The van der Waals surface area contributed by atoms with Gasteiger partial charge in [0.1, 0.15) is 0 Å². The second kappa shape index (κ2) is 6.89. The molecule has 1 aromatic carbocycles. The van der Waals surface area contributed by atoms with E-state index in [-0.39, 0.29) is 11.5 Å². The van der Waals surface area contributed by atoms with Gasteiger partial charge in [-0.15, -0.1) is 11.3 Å². The fourth-order valence-corrected chi connectivity index (χ4v) is 5.46. The summed E-state index contributed by atoms with van der Waals surface area (Å²) in [5, 5.41) is 11.1. The van der Waals surface area contributed by atoms with E-state index in [1.807, 2.05) is 11.4 Å². The Balaban J connectivity index is 2.32. The summed E-state index contributed by atoms with van der Waals surface area (Å²) >= 11 is 8.11. The molecule has 0 bridgehead atoms. The lowest BCUT2D eigenvalue weighted by Crippen LogP contribution is -2.26. The molecule has 0 unspecified atom stereocenters. The van der Waals surface area contributed by atoms with Crippen LogP contribution < -0.4 is 0 Å². The molecule has 0 spiro atoms. The number of hydrogen-bond acceptors (Lipinski definition) is 4. The van der Waals surface area contributed by atoms with E-state index in [0.29, 0.717) is 16.6 Å². The number of hydrogen-bond donors (Lipinski definition) is 1. The maximum absolute atomic E-state index is 12.6. The molecule has 0 fully saturated rings. The average Bonchev–Trinajstić information content (AvgIpc) is 2.84. The molecule has 0 aliphatic rings. The van der Waals surface area contributed by atoms with Gasteiger partial charge >= 0.3 is 0 Å². The van der Waals surface area contributed by atoms with Crippen LogP contribution in [0.4, 0.5) is 0 Å². The number of thiophene rings is 1. The average molecular weight is 455 g/mol. The van der Waals surface area contributed by atoms with Crippen LogP contribution in [0.1, 0.15) is 10.4 Å². The standard InChI is InChI=1S/C13H13Br2NO3S2/c1-16(6-11-5-10(14)8-20-11)21(18,19)13-4-9(7-17)2-3-12(13)15/h2-5,8,17H,6-7H2,1H3. The molecule has 8 heteroatoms. The van der Waals surface area contributed by atoms with Crippen LogP contribution in [0.15, 0.2) is 43.5 Å². The minimum Gasteiger partial charge on any atom is -0.392 e. The fraction of sp³-hybridized carbons (Fsp3) is 0.231. The van der Waals surface area contributed by atoms with Gasteiger partial charge in [-0.1, -0.05) is 6.07 Å². The number of rotatable bonds is 5. The van der Waals surface area contributed by atoms with Gasteiger partial charge in [0.2, 0.25) is 10.0 Å². The van der Waals surface area contributed by atoms with E-state index < -0.39 is 10.0 Å². The van der Waals surface area contributed by atoms with Crippen molar-refractivity contribution in [3.05, 3.63) is 49.0 Å². The summed E-state index contributed by atoms with van der Waals surface area (Å²) < 4.78 is 28.0. The molecule has 0 atom stereocenters. The van der Waals surface area contributed by atoms with Crippen molar-refractivity contribution in [3.63, 3.8) is 0 Å². The van der Waals surface area contributed by atoms with E-state index in [1.54, 1.807) is 19.2 Å². The smallest absolute Gasteiger partial charge is 0.244 e. The largest absolute Gasteiger partial charge is 0.392 e. The second-order valence-electron chi connectivity index (χ2n) is 4.42. The van der Waals surface area contributed by atoms with Crippen molar-refractivity contribution in [3.8, 4) is 0 Å². The number of aliphatic hydroxyl groups is 1. The monoisotopic (exact) mass is 453 g/mol. The highest BCUT2D eigenvalue weighted by Gasteiger charge is 2.24. The minimum absolute atomic E-state index is 0.159. The molecule has 4 nitrogen and oxygen atoms in total. The van der Waals surface area contributed by atoms with Crippen molar-refractivity contribution in [1.29, 1.82) is 0 Å². The van der Waals surface area contributed by atoms with Crippen LogP contribution >= 0.6 is 43.2 Å². The number of halogens is 2. The summed E-state index contributed by atoms with van der Waals surface area (Å²) in [6, 6.07) is 6.70. The summed E-state index contributed by atoms with van der Waals surface area (Å²) in [5.74, 6) is 0. The molecule has 0 saturated heterocycles. The van der Waals surface area contributed by atoms with Gasteiger partial charge in [0.15, 0.2) is 0 Å².